The summed E-state index contributed by atoms with van der Waals surface area (Å²) >= 11 is 0. The van der Waals surface area contributed by atoms with E-state index in [1.807, 2.05) is 0 Å². The molecule has 0 heterocycles. The summed E-state index contributed by atoms with van der Waals surface area (Å²) in [4.78, 5) is 0. The van der Waals surface area contributed by atoms with E-state index in [1.165, 1.54) is 77.0 Å². The highest BCUT2D eigenvalue weighted by Gasteiger charge is 1.98. The first kappa shape index (κ1) is 17.0. The smallest absolute Gasteiger partial charge is 0.00362 e. The highest BCUT2D eigenvalue weighted by atomic mass is 14.6. The molecule has 0 spiro atoms. The second-order valence-electron chi connectivity index (χ2n) is 5.49. The molecule has 0 aromatic carbocycles. The number of hydrogen-bond donors (Lipinski definition) is 1. The van der Waals surface area contributed by atoms with E-state index in [4.69, 9.17) is 5.73 Å². The number of unbranched alkanes of at least 4 members (excludes halogenated alkanes) is 10. The minimum absolute atomic E-state index is 0.452. The normalized spacial score (nSPS) is 12.9. The van der Waals surface area contributed by atoms with Crippen molar-refractivity contribution >= 4 is 0 Å². The molecule has 17 heavy (non-hydrogen) atoms. The summed E-state index contributed by atoms with van der Waals surface area (Å²) in [5, 5.41) is 0. The molecule has 104 valence electrons. The molecule has 0 aliphatic carbocycles. The Kier molecular flexibility index (Phi) is 14.0. The van der Waals surface area contributed by atoms with Crippen LogP contribution in [0.15, 0.2) is 0 Å². The fraction of sp³-hybridized carbons (Fsp3) is 1.00. The Morgan fingerprint density at radius 3 is 1.47 bits per heavy atom. The summed E-state index contributed by atoms with van der Waals surface area (Å²) in [5.41, 5.74) is 5.89. The molecular formula is C16H35N. The quantitative estimate of drug-likeness (QED) is 0.428. The lowest BCUT2D eigenvalue weighted by molar-refractivity contribution is 0.514. The van der Waals surface area contributed by atoms with E-state index in [0.29, 0.717) is 6.04 Å². The zero-order chi connectivity index (χ0) is 12.8. The second-order valence-corrected chi connectivity index (χ2v) is 5.49. The summed E-state index contributed by atoms with van der Waals surface area (Å²) in [6, 6.07) is 0.452. The fourth-order valence-electron chi connectivity index (χ4n) is 2.27. The van der Waals surface area contributed by atoms with Crippen molar-refractivity contribution in [3.05, 3.63) is 0 Å². The highest BCUT2D eigenvalue weighted by Crippen LogP contribution is 2.12. The summed E-state index contributed by atoms with van der Waals surface area (Å²) in [7, 11) is 0. The first-order valence-corrected chi connectivity index (χ1v) is 8.06. The molecule has 0 saturated heterocycles. The van der Waals surface area contributed by atoms with Gasteiger partial charge in [0.05, 0.1) is 0 Å². The Morgan fingerprint density at radius 2 is 1.06 bits per heavy atom. The predicted octanol–water partition coefficient (Wildman–Crippen LogP) is 5.42. The van der Waals surface area contributed by atoms with Crippen molar-refractivity contribution in [3.63, 3.8) is 0 Å². The van der Waals surface area contributed by atoms with E-state index >= 15 is 0 Å². The minimum atomic E-state index is 0.452. The monoisotopic (exact) mass is 241 g/mol. The first-order chi connectivity index (χ1) is 8.31. The van der Waals surface area contributed by atoms with Crippen LogP contribution in [0.25, 0.3) is 0 Å². The Labute approximate surface area is 110 Å². The Bertz CT molecular complexity index is 133. The standard InChI is InChI=1S/C16H35N/c1-3-5-6-7-8-9-10-11-12-13-14-15-16(17)4-2/h16H,3-15,17H2,1-2H3. The zero-order valence-corrected chi connectivity index (χ0v) is 12.3. The van der Waals surface area contributed by atoms with Crippen molar-refractivity contribution in [1.82, 2.24) is 0 Å². The van der Waals surface area contributed by atoms with Crippen LogP contribution in [0.4, 0.5) is 0 Å². The molecule has 0 rings (SSSR count). The third-order valence-electron chi connectivity index (χ3n) is 3.70. The maximum Gasteiger partial charge on any atom is 0.00362 e. The van der Waals surface area contributed by atoms with Gasteiger partial charge >= 0.3 is 0 Å². The minimum Gasteiger partial charge on any atom is -0.328 e. The van der Waals surface area contributed by atoms with Crippen LogP contribution in [-0.2, 0) is 0 Å². The summed E-state index contributed by atoms with van der Waals surface area (Å²) in [6.07, 6.45) is 18.0. The van der Waals surface area contributed by atoms with Crippen LogP contribution in [0.2, 0.25) is 0 Å². The molecule has 0 fully saturated rings. The molecule has 2 N–H and O–H groups in total. The summed E-state index contributed by atoms with van der Waals surface area (Å²) < 4.78 is 0. The van der Waals surface area contributed by atoms with E-state index in [0.717, 1.165) is 6.42 Å². The summed E-state index contributed by atoms with van der Waals surface area (Å²) in [5.74, 6) is 0. The number of hydrogen-bond acceptors (Lipinski definition) is 1. The second kappa shape index (κ2) is 14.0. The Morgan fingerprint density at radius 1 is 0.647 bits per heavy atom. The molecule has 1 heteroatoms. The number of rotatable bonds is 13. The molecule has 1 atom stereocenters. The van der Waals surface area contributed by atoms with Crippen molar-refractivity contribution in [2.45, 2.75) is 103 Å². The fourth-order valence-corrected chi connectivity index (χ4v) is 2.27. The van der Waals surface area contributed by atoms with Gasteiger partial charge in [-0.1, -0.05) is 84.5 Å². The van der Waals surface area contributed by atoms with Crippen LogP contribution in [0, 0.1) is 0 Å². The van der Waals surface area contributed by atoms with Crippen LogP contribution < -0.4 is 5.73 Å². The van der Waals surface area contributed by atoms with Gasteiger partial charge < -0.3 is 5.73 Å². The van der Waals surface area contributed by atoms with Crippen molar-refractivity contribution in [2.24, 2.45) is 5.73 Å². The SMILES string of the molecule is CCCCCCCCCCCCCC(N)CC. The Hall–Kier alpha value is -0.0400. The molecule has 0 aliphatic heterocycles. The molecule has 0 aromatic rings. The lowest BCUT2D eigenvalue weighted by Gasteiger charge is -2.07. The molecule has 0 aromatic heterocycles. The van der Waals surface area contributed by atoms with Gasteiger partial charge in [-0.3, -0.25) is 0 Å². The van der Waals surface area contributed by atoms with E-state index < -0.39 is 0 Å². The van der Waals surface area contributed by atoms with Gasteiger partial charge in [-0.2, -0.15) is 0 Å². The zero-order valence-electron chi connectivity index (χ0n) is 12.3. The molecule has 1 unspecified atom stereocenters. The van der Waals surface area contributed by atoms with Gasteiger partial charge in [0.2, 0.25) is 0 Å². The van der Waals surface area contributed by atoms with E-state index in [1.54, 1.807) is 0 Å². The molecule has 1 nitrogen and oxygen atoms in total. The van der Waals surface area contributed by atoms with Crippen LogP contribution >= 0.6 is 0 Å². The van der Waals surface area contributed by atoms with E-state index in [9.17, 15) is 0 Å². The molecule has 0 bridgehead atoms. The third kappa shape index (κ3) is 13.9. The number of nitrogens with two attached hydrogens (primary N) is 1. The lowest BCUT2D eigenvalue weighted by Crippen LogP contribution is -2.17. The maximum absolute atomic E-state index is 5.89. The first-order valence-electron chi connectivity index (χ1n) is 8.06. The third-order valence-corrected chi connectivity index (χ3v) is 3.70. The van der Waals surface area contributed by atoms with Crippen LogP contribution in [0.1, 0.15) is 97.3 Å². The predicted molar refractivity (Wildman–Crippen MR) is 79.3 cm³/mol. The molecule has 0 amide bonds. The lowest BCUT2D eigenvalue weighted by atomic mass is 10.0. The van der Waals surface area contributed by atoms with Crippen molar-refractivity contribution in [3.8, 4) is 0 Å². The average molecular weight is 241 g/mol. The topological polar surface area (TPSA) is 26.0 Å². The maximum atomic E-state index is 5.89. The van der Waals surface area contributed by atoms with E-state index in [2.05, 4.69) is 13.8 Å². The van der Waals surface area contributed by atoms with Gasteiger partial charge in [0, 0.05) is 6.04 Å². The van der Waals surface area contributed by atoms with Gasteiger partial charge in [-0.15, -0.1) is 0 Å². The molecule has 0 aliphatic rings. The van der Waals surface area contributed by atoms with Crippen LogP contribution in [0.5, 0.6) is 0 Å². The van der Waals surface area contributed by atoms with Crippen molar-refractivity contribution < 1.29 is 0 Å². The summed E-state index contributed by atoms with van der Waals surface area (Å²) in [6.45, 7) is 4.47. The molecule has 0 radical (unpaired) electrons. The van der Waals surface area contributed by atoms with E-state index in [-0.39, 0.29) is 0 Å². The van der Waals surface area contributed by atoms with Gasteiger partial charge in [-0.25, -0.2) is 0 Å². The highest BCUT2D eigenvalue weighted by molar-refractivity contribution is 4.58. The van der Waals surface area contributed by atoms with Crippen LogP contribution in [-0.4, -0.2) is 6.04 Å². The van der Waals surface area contributed by atoms with Gasteiger partial charge in [-0.05, 0) is 12.8 Å². The molecular weight excluding hydrogens is 206 g/mol. The van der Waals surface area contributed by atoms with Gasteiger partial charge in [0.1, 0.15) is 0 Å². The van der Waals surface area contributed by atoms with Gasteiger partial charge in [0.25, 0.3) is 0 Å². The molecule has 0 saturated carbocycles. The van der Waals surface area contributed by atoms with Crippen molar-refractivity contribution in [2.75, 3.05) is 0 Å². The Balaban J connectivity index is 2.94. The van der Waals surface area contributed by atoms with Crippen LogP contribution in [0.3, 0.4) is 0 Å². The van der Waals surface area contributed by atoms with Crippen molar-refractivity contribution in [1.29, 1.82) is 0 Å². The average Bonchev–Trinajstić information content (AvgIpc) is 2.35. The van der Waals surface area contributed by atoms with Gasteiger partial charge in [0.15, 0.2) is 0 Å². The largest absolute Gasteiger partial charge is 0.328 e.